The number of rotatable bonds is 4. The van der Waals surface area contributed by atoms with Gasteiger partial charge in [0.1, 0.15) is 5.82 Å². The molecule has 88 valence electrons. The Morgan fingerprint density at radius 3 is 2.94 bits per heavy atom. The summed E-state index contributed by atoms with van der Waals surface area (Å²) in [4.78, 5) is 18.4. The van der Waals surface area contributed by atoms with E-state index in [9.17, 15) is 10.1 Å². The average Bonchev–Trinajstić information content (AvgIpc) is 2.81. The largest absolute Gasteiger partial charge is 0.308 e. The summed E-state index contributed by atoms with van der Waals surface area (Å²) in [7, 11) is 0. The van der Waals surface area contributed by atoms with Crippen molar-refractivity contribution in [2.75, 3.05) is 5.43 Å². The molecule has 0 aromatic carbocycles. The smallest absolute Gasteiger partial charge is 0.301 e. The minimum absolute atomic E-state index is 0.0656. The summed E-state index contributed by atoms with van der Waals surface area (Å²) >= 11 is 2.53. The van der Waals surface area contributed by atoms with Gasteiger partial charge in [-0.15, -0.1) is 11.3 Å². The van der Waals surface area contributed by atoms with Gasteiger partial charge in [0.05, 0.1) is 4.92 Å². The van der Waals surface area contributed by atoms with E-state index in [1.807, 2.05) is 0 Å². The van der Waals surface area contributed by atoms with Crippen molar-refractivity contribution in [3.63, 3.8) is 0 Å². The molecule has 2 rings (SSSR count). The van der Waals surface area contributed by atoms with Crippen LogP contribution in [0.1, 0.15) is 0 Å². The van der Waals surface area contributed by atoms with Gasteiger partial charge in [-0.2, -0.15) is 0 Å². The monoisotopic (exact) mass is 269 g/mol. The number of nitrogen functional groups attached to an aromatic ring is 1. The Morgan fingerprint density at radius 2 is 2.35 bits per heavy atom. The number of nitrogens with one attached hydrogen (secondary N) is 1. The van der Waals surface area contributed by atoms with Gasteiger partial charge in [0, 0.05) is 17.6 Å². The molecule has 0 aliphatic rings. The summed E-state index contributed by atoms with van der Waals surface area (Å²) in [6.45, 7) is 0. The van der Waals surface area contributed by atoms with E-state index in [-0.39, 0.29) is 10.7 Å². The number of nitrogens with two attached hydrogens (primary N) is 1. The second kappa shape index (κ2) is 5.08. The molecule has 2 aromatic heterocycles. The summed E-state index contributed by atoms with van der Waals surface area (Å²) in [5.41, 5.74) is 2.28. The van der Waals surface area contributed by atoms with Crippen LogP contribution in [0.2, 0.25) is 0 Å². The van der Waals surface area contributed by atoms with E-state index in [4.69, 9.17) is 5.84 Å². The first-order chi connectivity index (χ1) is 8.20. The number of thiazole rings is 1. The van der Waals surface area contributed by atoms with E-state index in [1.54, 1.807) is 11.6 Å². The topological polar surface area (TPSA) is 107 Å². The number of hydrazine groups is 1. The van der Waals surface area contributed by atoms with Crippen LogP contribution in [0.5, 0.6) is 0 Å². The molecule has 9 heteroatoms. The molecule has 0 aliphatic carbocycles. The van der Waals surface area contributed by atoms with Gasteiger partial charge in [-0.3, -0.25) is 10.1 Å². The zero-order valence-electron chi connectivity index (χ0n) is 8.36. The van der Waals surface area contributed by atoms with Crippen LogP contribution in [0.25, 0.3) is 0 Å². The Bertz CT molecular complexity index is 531. The lowest BCUT2D eigenvalue weighted by Crippen LogP contribution is -2.09. The lowest BCUT2D eigenvalue weighted by molar-refractivity contribution is -0.388. The Balaban J connectivity index is 2.38. The highest BCUT2D eigenvalue weighted by Gasteiger charge is 2.18. The molecule has 2 aromatic rings. The molecule has 0 aliphatic heterocycles. The minimum atomic E-state index is -0.483. The second-order valence-electron chi connectivity index (χ2n) is 2.82. The van der Waals surface area contributed by atoms with Crippen molar-refractivity contribution < 1.29 is 4.92 Å². The normalized spacial score (nSPS) is 10.2. The summed E-state index contributed by atoms with van der Waals surface area (Å²) in [5.74, 6) is 5.58. The number of hydrogen-bond acceptors (Lipinski definition) is 8. The van der Waals surface area contributed by atoms with Crippen LogP contribution in [-0.2, 0) is 0 Å². The fraction of sp³-hybridized carbons (Fsp3) is 0. The number of anilines is 1. The first kappa shape index (κ1) is 11.8. The molecule has 0 unspecified atom stereocenters. The highest BCUT2D eigenvalue weighted by molar-refractivity contribution is 8.01. The molecule has 0 saturated carbocycles. The van der Waals surface area contributed by atoms with Gasteiger partial charge in [0.2, 0.25) is 0 Å². The van der Waals surface area contributed by atoms with Crippen LogP contribution < -0.4 is 11.3 Å². The van der Waals surface area contributed by atoms with Crippen LogP contribution >= 0.6 is 23.1 Å². The molecule has 0 atom stereocenters. The van der Waals surface area contributed by atoms with Gasteiger partial charge in [-0.1, -0.05) is 0 Å². The third-order valence-corrected chi connectivity index (χ3v) is 3.66. The number of nitrogens with zero attached hydrogens (tertiary/aromatic N) is 3. The van der Waals surface area contributed by atoms with Gasteiger partial charge in [0.15, 0.2) is 9.37 Å². The molecule has 0 spiro atoms. The molecule has 2 heterocycles. The number of hydrogen-bond donors (Lipinski definition) is 2. The van der Waals surface area contributed by atoms with E-state index >= 15 is 0 Å². The average molecular weight is 269 g/mol. The maximum absolute atomic E-state index is 10.8. The summed E-state index contributed by atoms with van der Waals surface area (Å²) in [6.07, 6.45) is 1.63. The Morgan fingerprint density at radius 1 is 1.53 bits per heavy atom. The van der Waals surface area contributed by atoms with Crippen LogP contribution in [0.4, 0.5) is 11.5 Å². The molecule has 3 N–H and O–H groups in total. The van der Waals surface area contributed by atoms with Crippen molar-refractivity contribution in [2.45, 2.75) is 9.37 Å². The second-order valence-corrected chi connectivity index (χ2v) is 4.95. The fourth-order valence-electron chi connectivity index (χ4n) is 1.07. The van der Waals surface area contributed by atoms with Crippen molar-refractivity contribution in [1.82, 2.24) is 9.97 Å². The van der Waals surface area contributed by atoms with E-state index in [1.165, 1.54) is 23.5 Å². The molecule has 0 radical (unpaired) electrons. The van der Waals surface area contributed by atoms with Gasteiger partial charge >= 0.3 is 5.69 Å². The van der Waals surface area contributed by atoms with Crippen LogP contribution in [0, 0.1) is 10.1 Å². The predicted octanol–water partition coefficient (Wildman–Crippen LogP) is 1.88. The van der Waals surface area contributed by atoms with Crippen molar-refractivity contribution >= 4 is 34.6 Å². The van der Waals surface area contributed by atoms with E-state index < -0.39 is 4.92 Å². The van der Waals surface area contributed by atoms with Crippen molar-refractivity contribution in [3.8, 4) is 0 Å². The SMILES string of the molecule is NNc1ccc([N+](=O)[O-])c(Sc2nccs2)n1. The van der Waals surface area contributed by atoms with Crippen LogP contribution in [-0.4, -0.2) is 14.9 Å². The standard InChI is InChI=1S/C8H7N5O2S2/c9-12-6-2-1-5(13(14)15)7(11-6)17-8-10-3-4-16-8/h1-4H,9H2,(H,11,12). The van der Waals surface area contributed by atoms with Gasteiger partial charge < -0.3 is 5.43 Å². The maximum Gasteiger partial charge on any atom is 0.301 e. The zero-order chi connectivity index (χ0) is 12.3. The summed E-state index contributed by atoms with van der Waals surface area (Å²) in [5, 5.41) is 12.9. The van der Waals surface area contributed by atoms with Crippen LogP contribution in [0.15, 0.2) is 33.1 Å². The molecular formula is C8H7N5O2S2. The number of nitro groups is 1. The lowest BCUT2D eigenvalue weighted by Gasteiger charge is -2.02. The molecule has 0 bridgehead atoms. The summed E-state index contributed by atoms with van der Waals surface area (Å²) in [6, 6.07) is 2.81. The number of aromatic nitrogens is 2. The first-order valence-corrected chi connectivity index (χ1v) is 6.09. The van der Waals surface area contributed by atoms with E-state index in [0.717, 1.165) is 11.8 Å². The molecule has 17 heavy (non-hydrogen) atoms. The third-order valence-electron chi connectivity index (χ3n) is 1.78. The Labute approximate surface area is 104 Å². The number of pyridine rings is 1. The van der Waals surface area contributed by atoms with Gasteiger partial charge in [0.25, 0.3) is 0 Å². The quantitative estimate of drug-likeness (QED) is 0.495. The Kier molecular flexibility index (Phi) is 3.52. The van der Waals surface area contributed by atoms with Gasteiger partial charge in [-0.05, 0) is 17.8 Å². The van der Waals surface area contributed by atoms with E-state index in [2.05, 4.69) is 15.4 Å². The predicted molar refractivity (Wildman–Crippen MR) is 64.9 cm³/mol. The zero-order valence-corrected chi connectivity index (χ0v) is 9.99. The van der Waals surface area contributed by atoms with Crippen molar-refractivity contribution in [3.05, 3.63) is 33.8 Å². The van der Waals surface area contributed by atoms with Crippen molar-refractivity contribution in [2.24, 2.45) is 5.84 Å². The highest BCUT2D eigenvalue weighted by Crippen LogP contribution is 2.34. The minimum Gasteiger partial charge on any atom is -0.308 e. The van der Waals surface area contributed by atoms with E-state index in [0.29, 0.717) is 10.2 Å². The molecule has 0 amide bonds. The Hall–Kier alpha value is -1.71. The van der Waals surface area contributed by atoms with Crippen LogP contribution in [0.3, 0.4) is 0 Å². The molecular weight excluding hydrogens is 262 g/mol. The first-order valence-electron chi connectivity index (χ1n) is 4.40. The fourth-order valence-corrected chi connectivity index (χ4v) is 2.70. The highest BCUT2D eigenvalue weighted by atomic mass is 32.2. The molecule has 7 nitrogen and oxygen atoms in total. The third kappa shape index (κ3) is 2.70. The molecule has 0 saturated heterocycles. The molecule has 0 fully saturated rings. The lowest BCUT2D eigenvalue weighted by atomic mass is 10.4. The van der Waals surface area contributed by atoms with Crippen molar-refractivity contribution in [1.29, 1.82) is 0 Å². The van der Waals surface area contributed by atoms with Gasteiger partial charge in [-0.25, -0.2) is 15.8 Å². The maximum atomic E-state index is 10.8. The summed E-state index contributed by atoms with van der Waals surface area (Å²) < 4.78 is 0.690.